The summed E-state index contributed by atoms with van der Waals surface area (Å²) in [6, 6.07) is 1.48. The van der Waals surface area contributed by atoms with Gasteiger partial charge in [-0.2, -0.15) is 10.1 Å². The molecule has 1 saturated heterocycles. The summed E-state index contributed by atoms with van der Waals surface area (Å²) in [7, 11) is 0. The van der Waals surface area contributed by atoms with Crippen LogP contribution in [0.4, 0.5) is 22.7 Å². The number of aromatic nitrogens is 5. The van der Waals surface area contributed by atoms with E-state index in [0.29, 0.717) is 30.0 Å². The number of carbonyl (C=O) groups is 1. The maximum absolute atomic E-state index is 12.9. The number of nitrogens with zero attached hydrogens (tertiary/aromatic N) is 5. The van der Waals surface area contributed by atoms with Crippen molar-refractivity contribution >= 4 is 40.0 Å². The number of fused-ring (bicyclic) bond motifs is 1. The van der Waals surface area contributed by atoms with Crippen LogP contribution in [0.25, 0.3) is 0 Å². The molecule has 0 radical (unpaired) electrons. The van der Waals surface area contributed by atoms with Gasteiger partial charge in [-0.1, -0.05) is 0 Å². The average Bonchev–Trinajstić information content (AvgIpc) is 3.21. The first kappa shape index (κ1) is 19.6. The molecule has 0 bridgehead atoms. The minimum atomic E-state index is -0.622. The lowest BCUT2D eigenvalue weighted by atomic mass is 10.2. The van der Waals surface area contributed by atoms with Gasteiger partial charge in [0.05, 0.1) is 11.8 Å². The van der Waals surface area contributed by atoms with Gasteiger partial charge in [-0.15, -0.1) is 11.3 Å². The van der Waals surface area contributed by atoms with Gasteiger partial charge in [0.15, 0.2) is 10.9 Å². The molecule has 1 aliphatic heterocycles. The van der Waals surface area contributed by atoms with Crippen molar-refractivity contribution in [3.8, 4) is 0 Å². The number of anilines is 4. The second-order valence-corrected chi connectivity index (χ2v) is 9.54. The van der Waals surface area contributed by atoms with E-state index in [1.165, 1.54) is 24.2 Å². The molecule has 3 aromatic heterocycles. The molecular formula is C21H24N8O2S. The third kappa shape index (κ3) is 3.71. The zero-order valence-corrected chi connectivity index (χ0v) is 18.2. The third-order valence-corrected chi connectivity index (χ3v) is 6.97. The van der Waals surface area contributed by atoms with Crippen molar-refractivity contribution < 1.29 is 9.90 Å². The first-order valence-corrected chi connectivity index (χ1v) is 11.9. The number of hydrogen-bond donors (Lipinski definition) is 4. The van der Waals surface area contributed by atoms with E-state index >= 15 is 0 Å². The van der Waals surface area contributed by atoms with E-state index in [2.05, 4.69) is 25.8 Å². The predicted molar refractivity (Wildman–Crippen MR) is 120 cm³/mol. The normalized spacial score (nSPS) is 22.2. The van der Waals surface area contributed by atoms with Crippen molar-refractivity contribution in [3.05, 3.63) is 34.6 Å². The molecule has 10 nitrogen and oxygen atoms in total. The fraction of sp³-hybridized carbons (Fsp3) is 0.476. The maximum Gasteiger partial charge on any atom is 0.249 e. The van der Waals surface area contributed by atoms with E-state index in [0.717, 1.165) is 47.8 Å². The van der Waals surface area contributed by atoms with Gasteiger partial charge in [0, 0.05) is 47.8 Å². The number of aliphatic hydroxyl groups excluding tert-OH is 1. The molecule has 2 fully saturated rings. The number of amides is 1. The van der Waals surface area contributed by atoms with Gasteiger partial charge in [-0.25, -0.2) is 9.97 Å². The summed E-state index contributed by atoms with van der Waals surface area (Å²) in [5.41, 5.74) is 3.25. The summed E-state index contributed by atoms with van der Waals surface area (Å²) in [4.78, 5) is 28.5. The molecule has 0 spiro atoms. The third-order valence-electron chi connectivity index (χ3n) is 6.28. The van der Waals surface area contributed by atoms with Crippen molar-refractivity contribution in [2.24, 2.45) is 0 Å². The van der Waals surface area contributed by atoms with E-state index in [-0.39, 0.29) is 5.91 Å². The highest BCUT2D eigenvalue weighted by Gasteiger charge is 2.39. The maximum atomic E-state index is 12.9. The number of hydrogen-bond acceptors (Lipinski definition) is 9. The van der Waals surface area contributed by atoms with Gasteiger partial charge in [-0.05, 0) is 32.1 Å². The fourth-order valence-corrected chi connectivity index (χ4v) is 5.07. The minimum Gasteiger partial charge on any atom is -0.391 e. The Morgan fingerprint density at radius 2 is 2.19 bits per heavy atom. The number of H-pyrrole nitrogens is 1. The lowest BCUT2D eigenvalue weighted by Crippen LogP contribution is -2.40. The molecular weight excluding hydrogens is 428 g/mol. The molecule has 4 heterocycles. The van der Waals surface area contributed by atoms with Crippen LogP contribution in [-0.4, -0.2) is 54.9 Å². The van der Waals surface area contributed by atoms with Crippen LogP contribution < -0.4 is 15.5 Å². The van der Waals surface area contributed by atoms with Crippen LogP contribution in [0.3, 0.4) is 0 Å². The highest BCUT2D eigenvalue weighted by molar-refractivity contribution is 7.13. The van der Waals surface area contributed by atoms with E-state index in [1.54, 1.807) is 11.1 Å². The molecule has 0 unspecified atom stereocenters. The summed E-state index contributed by atoms with van der Waals surface area (Å²) < 4.78 is 0. The number of aliphatic hydroxyl groups is 1. The van der Waals surface area contributed by atoms with Crippen molar-refractivity contribution in [1.82, 2.24) is 25.1 Å². The Morgan fingerprint density at radius 1 is 1.28 bits per heavy atom. The molecule has 0 aromatic carbocycles. The van der Waals surface area contributed by atoms with Crippen molar-refractivity contribution in [3.63, 3.8) is 0 Å². The van der Waals surface area contributed by atoms with Crippen molar-refractivity contribution in [2.45, 2.75) is 56.6 Å². The van der Waals surface area contributed by atoms with E-state index in [4.69, 9.17) is 9.97 Å². The van der Waals surface area contributed by atoms with Gasteiger partial charge in [0.2, 0.25) is 11.9 Å². The first-order chi connectivity index (χ1) is 15.6. The van der Waals surface area contributed by atoms with Gasteiger partial charge in [0.25, 0.3) is 0 Å². The zero-order valence-electron chi connectivity index (χ0n) is 17.4. The lowest BCUT2D eigenvalue weighted by Gasteiger charge is -2.24. The fourth-order valence-electron chi connectivity index (χ4n) is 4.53. The number of β-amino-alcohol motifs (C(OH)–C–C–N with tert-alkyl or cyclic N) is 1. The van der Waals surface area contributed by atoms with Gasteiger partial charge in [0.1, 0.15) is 11.9 Å². The number of nitrogens with one attached hydrogen (secondary N) is 3. The van der Waals surface area contributed by atoms with Crippen molar-refractivity contribution in [2.75, 3.05) is 22.1 Å². The molecule has 32 heavy (non-hydrogen) atoms. The number of aromatic amines is 1. The Balaban J connectivity index is 1.29. The molecule has 6 rings (SSSR count). The van der Waals surface area contributed by atoms with E-state index in [9.17, 15) is 9.90 Å². The highest BCUT2D eigenvalue weighted by atomic mass is 32.1. The molecule has 2 atom stereocenters. The highest BCUT2D eigenvalue weighted by Crippen LogP contribution is 2.40. The molecule has 3 aromatic rings. The Bertz CT molecular complexity index is 1140. The Kier molecular flexibility index (Phi) is 4.80. The molecule has 4 N–H and O–H groups in total. The van der Waals surface area contributed by atoms with Gasteiger partial charge in [-0.3, -0.25) is 9.89 Å². The first-order valence-electron chi connectivity index (χ1n) is 11.0. The average molecular weight is 453 g/mol. The number of rotatable bonds is 6. The summed E-state index contributed by atoms with van der Waals surface area (Å²) >= 11 is 1.36. The molecule has 1 amide bonds. The Morgan fingerprint density at radius 3 is 3.00 bits per heavy atom. The predicted octanol–water partition coefficient (Wildman–Crippen LogP) is 2.34. The number of thiazole rings is 1. The quantitative estimate of drug-likeness (QED) is 0.448. The summed E-state index contributed by atoms with van der Waals surface area (Å²) in [6.07, 6.45) is 6.56. The zero-order chi connectivity index (χ0) is 21.7. The molecule has 3 aliphatic rings. The van der Waals surface area contributed by atoms with Crippen LogP contribution in [0.1, 0.15) is 48.6 Å². The standard InChI is InChI=1S/C21H24N8O2S/c30-12-8-16(19(31)26-21-22-6-7-32-21)29(10-12)20-23-14-3-1-2-13(14)18(25-20)24-17-9-15(27-28-17)11-4-5-11/h6-7,9,11-12,16,30H,1-5,8,10H2,(H,22,26,31)(H2,23,24,25,27,28)/t12-,16+/m0/s1. The Hall–Kier alpha value is -3.05. The molecule has 11 heteroatoms. The topological polar surface area (TPSA) is 132 Å². The summed E-state index contributed by atoms with van der Waals surface area (Å²) in [6.45, 7) is 0.308. The van der Waals surface area contributed by atoms with Crippen LogP contribution in [0, 0.1) is 0 Å². The van der Waals surface area contributed by atoms with E-state index < -0.39 is 12.1 Å². The Labute approximate surface area is 188 Å². The van der Waals surface area contributed by atoms with Crippen LogP contribution in [0.15, 0.2) is 17.6 Å². The number of aryl methyl sites for hydroxylation is 1. The molecule has 2 aliphatic carbocycles. The lowest BCUT2D eigenvalue weighted by molar-refractivity contribution is -0.117. The molecule has 166 valence electrons. The van der Waals surface area contributed by atoms with Crippen LogP contribution in [0.5, 0.6) is 0 Å². The SMILES string of the molecule is O=C(Nc1nccs1)[C@H]1C[C@H](O)CN1c1nc2c(c(Nc3cc(C4CC4)[nH]n3)n1)CCC2. The number of carbonyl (C=O) groups excluding carboxylic acids is 1. The largest absolute Gasteiger partial charge is 0.391 e. The van der Waals surface area contributed by atoms with Crippen molar-refractivity contribution in [1.29, 1.82) is 0 Å². The van der Waals surface area contributed by atoms with Crippen LogP contribution in [0.2, 0.25) is 0 Å². The molecule has 1 saturated carbocycles. The smallest absolute Gasteiger partial charge is 0.249 e. The monoisotopic (exact) mass is 452 g/mol. The van der Waals surface area contributed by atoms with Crippen LogP contribution >= 0.6 is 11.3 Å². The van der Waals surface area contributed by atoms with Crippen LogP contribution in [-0.2, 0) is 17.6 Å². The van der Waals surface area contributed by atoms with Gasteiger partial charge < -0.3 is 20.6 Å². The second-order valence-electron chi connectivity index (χ2n) is 8.64. The van der Waals surface area contributed by atoms with Gasteiger partial charge >= 0.3 is 0 Å². The summed E-state index contributed by atoms with van der Waals surface area (Å²) in [5.74, 6) is 2.31. The second kappa shape index (κ2) is 7.82. The summed E-state index contributed by atoms with van der Waals surface area (Å²) in [5, 5.41) is 26.4. The van der Waals surface area contributed by atoms with E-state index in [1.807, 2.05) is 11.4 Å². The minimum absolute atomic E-state index is 0.212.